The lowest BCUT2D eigenvalue weighted by atomic mass is 9.79. The molecule has 1 N–H and O–H groups in total. The van der Waals surface area contributed by atoms with Crippen LogP contribution in [0.4, 0.5) is 5.69 Å². The van der Waals surface area contributed by atoms with Crippen molar-refractivity contribution in [1.29, 1.82) is 0 Å². The Balaban J connectivity index is 2.26. The Kier molecular flexibility index (Phi) is 3.95. The fraction of sp³-hybridized carbons (Fsp3) is 0.429. The van der Waals surface area contributed by atoms with Gasteiger partial charge in [-0.25, -0.2) is 8.42 Å². The van der Waals surface area contributed by atoms with Crippen LogP contribution in [0.5, 0.6) is 0 Å². The first-order valence-electron chi connectivity index (χ1n) is 6.67. The van der Waals surface area contributed by atoms with Crippen LogP contribution in [0, 0.1) is 0 Å². The van der Waals surface area contributed by atoms with Crippen molar-refractivity contribution in [1.82, 2.24) is 0 Å². The number of hydrogen-bond acceptors (Lipinski definition) is 4. The van der Waals surface area contributed by atoms with E-state index in [4.69, 9.17) is 9.31 Å². The maximum atomic E-state index is 11.5. The van der Waals surface area contributed by atoms with E-state index in [0.29, 0.717) is 5.69 Å². The third-order valence-corrected chi connectivity index (χ3v) is 4.85. The molecule has 2 rings (SSSR count). The second-order valence-electron chi connectivity index (χ2n) is 6.03. The monoisotopic (exact) mass is 309 g/mol. The fourth-order valence-electron chi connectivity index (χ4n) is 1.93. The van der Waals surface area contributed by atoms with Crippen LogP contribution in [-0.4, -0.2) is 26.7 Å². The van der Waals surface area contributed by atoms with E-state index in [1.165, 1.54) is 0 Å². The third-order valence-electron chi connectivity index (χ3n) is 3.89. The Hall–Kier alpha value is -1.31. The maximum Gasteiger partial charge on any atom is 0.494 e. The fourth-order valence-corrected chi connectivity index (χ4v) is 2.47. The minimum atomic E-state index is -3.53. The van der Waals surface area contributed by atoms with Crippen LogP contribution in [0.2, 0.25) is 0 Å². The molecular formula is C14H20BNO4S. The molecule has 0 spiro atoms. The molecule has 0 amide bonds. The summed E-state index contributed by atoms with van der Waals surface area (Å²) in [5.41, 5.74) is 0.336. The van der Waals surface area contributed by atoms with E-state index in [1.807, 2.05) is 33.8 Å². The number of rotatable bonds is 4. The van der Waals surface area contributed by atoms with Gasteiger partial charge in [0.2, 0.25) is 0 Å². The number of nitrogens with one attached hydrogen (secondary N) is 1. The number of hydrogen-bond donors (Lipinski definition) is 1. The lowest BCUT2D eigenvalue weighted by Gasteiger charge is -2.32. The Labute approximate surface area is 126 Å². The minimum absolute atomic E-state index is 0.436. The van der Waals surface area contributed by atoms with Crippen LogP contribution in [0.15, 0.2) is 36.3 Å². The van der Waals surface area contributed by atoms with Gasteiger partial charge in [-0.3, -0.25) is 4.72 Å². The van der Waals surface area contributed by atoms with Gasteiger partial charge in [-0.2, -0.15) is 0 Å². The van der Waals surface area contributed by atoms with E-state index in [-0.39, 0.29) is 0 Å². The molecule has 5 nitrogen and oxygen atoms in total. The highest BCUT2D eigenvalue weighted by atomic mass is 32.2. The lowest BCUT2D eigenvalue weighted by Crippen LogP contribution is -2.41. The zero-order valence-corrected chi connectivity index (χ0v) is 13.5. The summed E-state index contributed by atoms with van der Waals surface area (Å²) in [6.07, 6.45) is 0. The first kappa shape index (κ1) is 16.1. The summed E-state index contributed by atoms with van der Waals surface area (Å²) >= 11 is 0. The zero-order chi connectivity index (χ0) is 15.9. The molecule has 0 saturated carbocycles. The molecule has 1 aromatic carbocycles. The summed E-state index contributed by atoms with van der Waals surface area (Å²) in [4.78, 5) is 0. The maximum absolute atomic E-state index is 11.5. The molecule has 1 fully saturated rings. The summed E-state index contributed by atoms with van der Waals surface area (Å²) in [7, 11) is -4.05. The largest absolute Gasteiger partial charge is 0.494 e. The predicted octanol–water partition coefficient (Wildman–Crippen LogP) is 1.87. The molecule has 21 heavy (non-hydrogen) atoms. The zero-order valence-electron chi connectivity index (χ0n) is 12.7. The van der Waals surface area contributed by atoms with Crippen molar-refractivity contribution in [2.24, 2.45) is 0 Å². The van der Waals surface area contributed by atoms with E-state index in [1.54, 1.807) is 18.2 Å². The molecule has 0 radical (unpaired) electrons. The number of anilines is 1. The van der Waals surface area contributed by atoms with E-state index >= 15 is 0 Å². The van der Waals surface area contributed by atoms with Crippen molar-refractivity contribution in [3.05, 3.63) is 36.3 Å². The molecule has 1 saturated heterocycles. The van der Waals surface area contributed by atoms with Crippen molar-refractivity contribution >= 4 is 28.3 Å². The molecule has 1 heterocycles. The van der Waals surface area contributed by atoms with Gasteiger partial charge >= 0.3 is 7.12 Å². The van der Waals surface area contributed by atoms with Gasteiger partial charge in [-0.15, -0.1) is 0 Å². The van der Waals surface area contributed by atoms with Crippen molar-refractivity contribution in [2.45, 2.75) is 38.9 Å². The van der Waals surface area contributed by atoms with Gasteiger partial charge in [0, 0.05) is 11.1 Å². The number of benzene rings is 1. The molecule has 0 unspecified atom stereocenters. The van der Waals surface area contributed by atoms with E-state index < -0.39 is 28.3 Å². The number of sulfonamides is 1. The average Bonchev–Trinajstić information content (AvgIpc) is 2.58. The van der Waals surface area contributed by atoms with Gasteiger partial charge in [-0.05, 0) is 45.3 Å². The van der Waals surface area contributed by atoms with E-state index in [2.05, 4.69) is 11.3 Å². The molecule has 114 valence electrons. The summed E-state index contributed by atoms with van der Waals surface area (Å²) in [5.74, 6) is 0. The Bertz CT molecular complexity index is 639. The summed E-state index contributed by atoms with van der Waals surface area (Å²) in [6.45, 7) is 11.1. The van der Waals surface area contributed by atoms with Gasteiger partial charge < -0.3 is 9.31 Å². The second-order valence-corrected chi connectivity index (χ2v) is 7.65. The first-order valence-corrected chi connectivity index (χ1v) is 8.22. The molecule has 7 heteroatoms. The van der Waals surface area contributed by atoms with Crippen LogP contribution in [0.1, 0.15) is 27.7 Å². The minimum Gasteiger partial charge on any atom is -0.399 e. The molecule has 1 aromatic rings. The molecule has 0 atom stereocenters. The highest BCUT2D eigenvalue weighted by Crippen LogP contribution is 2.36. The third kappa shape index (κ3) is 3.31. The smallest absolute Gasteiger partial charge is 0.399 e. The van der Waals surface area contributed by atoms with Gasteiger partial charge in [0.05, 0.1) is 11.2 Å². The van der Waals surface area contributed by atoms with Crippen molar-refractivity contribution in [3.63, 3.8) is 0 Å². The average molecular weight is 309 g/mol. The summed E-state index contributed by atoms with van der Waals surface area (Å²) < 4.78 is 37.3. The Morgan fingerprint density at radius 2 is 1.76 bits per heavy atom. The molecular weight excluding hydrogens is 289 g/mol. The van der Waals surface area contributed by atoms with Crippen LogP contribution in [0.3, 0.4) is 0 Å². The Morgan fingerprint density at radius 1 is 1.19 bits per heavy atom. The summed E-state index contributed by atoms with van der Waals surface area (Å²) in [6, 6.07) is 6.95. The van der Waals surface area contributed by atoms with Crippen LogP contribution >= 0.6 is 0 Å². The van der Waals surface area contributed by atoms with E-state index in [9.17, 15) is 8.42 Å². The SMILES string of the molecule is C=CS(=O)(=O)Nc1cccc(B2OC(C)(C)C(C)(C)O2)c1. The lowest BCUT2D eigenvalue weighted by molar-refractivity contribution is 0.00578. The normalized spacial score (nSPS) is 20.3. The Morgan fingerprint density at radius 3 is 2.29 bits per heavy atom. The standard InChI is InChI=1S/C14H20BNO4S/c1-6-21(17,18)16-12-9-7-8-11(10-12)15-19-13(2,3)14(4,5)20-15/h6-10,16H,1H2,2-5H3. The predicted molar refractivity (Wildman–Crippen MR) is 84.9 cm³/mol. The highest BCUT2D eigenvalue weighted by Gasteiger charge is 2.51. The van der Waals surface area contributed by atoms with Crippen LogP contribution < -0.4 is 10.2 Å². The van der Waals surface area contributed by atoms with Crippen molar-refractivity contribution in [2.75, 3.05) is 4.72 Å². The van der Waals surface area contributed by atoms with Gasteiger partial charge in [0.25, 0.3) is 10.0 Å². The van der Waals surface area contributed by atoms with Gasteiger partial charge in [-0.1, -0.05) is 18.7 Å². The topological polar surface area (TPSA) is 64.6 Å². The highest BCUT2D eigenvalue weighted by molar-refractivity contribution is 7.95. The van der Waals surface area contributed by atoms with Crippen molar-refractivity contribution < 1.29 is 17.7 Å². The van der Waals surface area contributed by atoms with Crippen LogP contribution in [0.25, 0.3) is 0 Å². The molecule has 1 aliphatic heterocycles. The molecule has 0 bridgehead atoms. The van der Waals surface area contributed by atoms with Crippen LogP contribution in [-0.2, 0) is 19.3 Å². The quantitative estimate of drug-likeness (QED) is 0.862. The van der Waals surface area contributed by atoms with Gasteiger partial charge in [0.1, 0.15) is 0 Å². The summed E-state index contributed by atoms with van der Waals surface area (Å²) in [5, 5.41) is 0.870. The van der Waals surface area contributed by atoms with Crippen molar-refractivity contribution in [3.8, 4) is 0 Å². The molecule has 0 aromatic heterocycles. The second kappa shape index (κ2) is 5.16. The first-order chi connectivity index (χ1) is 9.56. The molecule has 0 aliphatic carbocycles. The molecule has 1 aliphatic rings. The van der Waals surface area contributed by atoms with E-state index in [0.717, 1.165) is 10.9 Å². The van der Waals surface area contributed by atoms with Gasteiger partial charge in [0.15, 0.2) is 0 Å².